The van der Waals surface area contributed by atoms with Crippen LogP contribution in [-0.4, -0.2) is 39.3 Å². The summed E-state index contributed by atoms with van der Waals surface area (Å²) in [5.74, 6) is 0.784. The molecule has 0 amide bonds. The lowest BCUT2D eigenvalue weighted by Crippen LogP contribution is -2.17. The van der Waals surface area contributed by atoms with Gasteiger partial charge in [-0.1, -0.05) is 0 Å². The first-order chi connectivity index (χ1) is 9.70. The summed E-state index contributed by atoms with van der Waals surface area (Å²) in [7, 11) is 1.72. The standard InChI is InChI=1S/C13H19N5O2/c1-8-5-9(3-4-19-2)13(20-8)18-7-17-10-11(14)15-6-16-12(10)18/h6-9,13H,3-5H2,1-2H3,(H2,14,15,16). The maximum atomic E-state index is 6.03. The predicted octanol–water partition coefficient (Wildman–Crippen LogP) is 1.37. The Balaban J connectivity index is 1.94. The van der Waals surface area contributed by atoms with E-state index in [1.165, 1.54) is 6.33 Å². The molecule has 7 nitrogen and oxygen atoms in total. The summed E-state index contributed by atoms with van der Waals surface area (Å²) in [5, 5.41) is 0. The Morgan fingerprint density at radius 3 is 3.10 bits per heavy atom. The molecule has 0 aliphatic carbocycles. The van der Waals surface area contributed by atoms with Crippen LogP contribution < -0.4 is 5.73 Å². The van der Waals surface area contributed by atoms with Gasteiger partial charge >= 0.3 is 0 Å². The molecule has 3 rings (SSSR count). The number of hydrogen-bond donors (Lipinski definition) is 1. The minimum absolute atomic E-state index is 0.0700. The maximum Gasteiger partial charge on any atom is 0.167 e. The highest BCUT2D eigenvalue weighted by atomic mass is 16.5. The van der Waals surface area contributed by atoms with E-state index in [-0.39, 0.29) is 12.3 Å². The van der Waals surface area contributed by atoms with E-state index in [1.807, 2.05) is 4.57 Å². The highest BCUT2D eigenvalue weighted by Gasteiger charge is 2.35. The van der Waals surface area contributed by atoms with E-state index in [0.29, 0.717) is 17.3 Å². The van der Waals surface area contributed by atoms with Gasteiger partial charge < -0.3 is 15.2 Å². The van der Waals surface area contributed by atoms with Gasteiger partial charge in [-0.15, -0.1) is 0 Å². The Morgan fingerprint density at radius 2 is 2.30 bits per heavy atom. The predicted molar refractivity (Wildman–Crippen MR) is 73.9 cm³/mol. The summed E-state index contributed by atoms with van der Waals surface area (Å²) in [5.41, 5.74) is 7.17. The molecule has 0 saturated carbocycles. The lowest BCUT2D eigenvalue weighted by Gasteiger charge is -2.19. The van der Waals surface area contributed by atoms with Crippen molar-refractivity contribution in [3.63, 3.8) is 0 Å². The normalized spacial score (nSPS) is 26.4. The molecule has 3 heterocycles. The summed E-state index contributed by atoms with van der Waals surface area (Å²) in [6.07, 6.45) is 5.30. The van der Waals surface area contributed by atoms with Gasteiger partial charge in [0.25, 0.3) is 0 Å². The second kappa shape index (κ2) is 5.34. The number of nitrogen functional groups attached to an aromatic ring is 1. The summed E-state index contributed by atoms with van der Waals surface area (Å²) < 4.78 is 13.2. The largest absolute Gasteiger partial charge is 0.385 e. The van der Waals surface area contributed by atoms with Gasteiger partial charge in [0.2, 0.25) is 0 Å². The van der Waals surface area contributed by atoms with Gasteiger partial charge in [0.1, 0.15) is 18.1 Å². The van der Waals surface area contributed by atoms with Crippen molar-refractivity contribution >= 4 is 17.0 Å². The Kier molecular flexibility index (Phi) is 3.54. The molecule has 1 aliphatic rings. The summed E-state index contributed by atoms with van der Waals surface area (Å²) in [6, 6.07) is 0. The fourth-order valence-electron chi connectivity index (χ4n) is 2.83. The van der Waals surface area contributed by atoms with Crippen molar-refractivity contribution in [3.8, 4) is 0 Å². The third-order valence-electron chi connectivity index (χ3n) is 3.76. The van der Waals surface area contributed by atoms with E-state index in [2.05, 4.69) is 21.9 Å². The van der Waals surface area contributed by atoms with Crippen molar-refractivity contribution in [2.24, 2.45) is 5.92 Å². The highest BCUT2D eigenvalue weighted by molar-refractivity contribution is 5.81. The number of nitrogens with two attached hydrogens (primary N) is 1. The molecule has 7 heteroatoms. The van der Waals surface area contributed by atoms with Crippen LogP contribution >= 0.6 is 0 Å². The minimum atomic E-state index is -0.0700. The molecule has 20 heavy (non-hydrogen) atoms. The van der Waals surface area contributed by atoms with Crippen LogP contribution in [-0.2, 0) is 9.47 Å². The molecule has 2 aromatic heterocycles. The van der Waals surface area contributed by atoms with Gasteiger partial charge in [-0.05, 0) is 19.8 Å². The van der Waals surface area contributed by atoms with Gasteiger partial charge in [0.15, 0.2) is 11.5 Å². The molecule has 108 valence electrons. The molecular weight excluding hydrogens is 258 g/mol. The molecular formula is C13H19N5O2. The molecule has 3 atom stereocenters. The Hall–Kier alpha value is -1.73. The average Bonchev–Trinajstić information content (AvgIpc) is 3.00. The highest BCUT2D eigenvalue weighted by Crippen LogP contribution is 2.37. The molecule has 1 saturated heterocycles. The summed E-state index contributed by atoms with van der Waals surface area (Å²) >= 11 is 0. The van der Waals surface area contributed by atoms with Crippen LogP contribution in [0.4, 0.5) is 5.82 Å². The number of hydrogen-bond acceptors (Lipinski definition) is 6. The summed E-state index contributed by atoms with van der Waals surface area (Å²) in [4.78, 5) is 12.5. The van der Waals surface area contributed by atoms with E-state index >= 15 is 0 Å². The van der Waals surface area contributed by atoms with Crippen LogP contribution in [0.5, 0.6) is 0 Å². The fourth-order valence-corrected chi connectivity index (χ4v) is 2.83. The maximum absolute atomic E-state index is 6.03. The number of anilines is 1. The second-order valence-electron chi connectivity index (χ2n) is 5.20. The number of ether oxygens (including phenoxy) is 2. The minimum Gasteiger partial charge on any atom is -0.385 e. The zero-order valence-electron chi connectivity index (χ0n) is 11.7. The van der Waals surface area contributed by atoms with E-state index in [9.17, 15) is 0 Å². The summed E-state index contributed by atoms with van der Waals surface area (Å²) in [6.45, 7) is 2.81. The van der Waals surface area contributed by atoms with Gasteiger partial charge in [-0.2, -0.15) is 0 Å². The van der Waals surface area contributed by atoms with Gasteiger partial charge in [0, 0.05) is 19.6 Å². The lowest BCUT2D eigenvalue weighted by molar-refractivity contribution is -0.00721. The van der Waals surface area contributed by atoms with Crippen molar-refractivity contribution in [2.75, 3.05) is 19.5 Å². The number of nitrogens with zero attached hydrogens (tertiary/aromatic N) is 4. The van der Waals surface area contributed by atoms with E-state index in [0.717, 1.165) is 25.1 Å². The number of rotatable bonds is 4. The number of methoxy groups -OCH3 is 1. The first-order valence-electron chi connectivity index (χ1n) is 6.78. The molecule has 0 bridgehead atoms. The molecule has 3 unspecified atom stereocenters. The van der Waals surface area contributed by atoms with Crippen molar-refractivity contribution in [1.29, 1.82) is 0 Å². The molecule has 2 N–H and O–H groups in total. The van der Waals surface area contributed by atoms with Gasteiger partial charge in [0.05, 0.1) is 12.4 Å². The van der Waals surface area contributed by atoms with Gasteiger partial charge in [-0.3, -0.25) is 4.57 Å². The zero-order valence-corrected chi connectivity index (χ0v) is 11.7. The number of aromatic nitrogens is 4. The van der Waals surface area contributed by atoms with Crippen LogP contribution in [0, 0.1) is 5.92 Å². The van der Waals surface area contributed by atoms with Crippen LogP contribution in [0.2, 0.25) is 0 Å². The molecule has 1 aliphatic heterocycles. The van der Waals surface area contributed by atoms with Crippen LogP contribution in [0.1, 0.15) is 26.0 Å². The van der Waals surface area contributed by atoms with Crippen molar-refractivity contribution in [2.45, 2.75) is 32.1 Å². The Labute approximate surface area is 117 Å². The number of imidazole rings is 1. The monoisotopic (exact) mass is 277 g/mol. The first-order valence-corrected chi connectivity index (χ1v) is 6.78. The smallest absolute Gasteiger partial charge is 0.167 e. The molecule has 0 aromatic carbocycles. The lowest BCUT2D eigenvalue weighted by atomic mass is 10.00. The quantitative estimate of drug-likeness (QED) is 0.908. The Morgan fingerprint density at radius 1 is 1.45 bits per heavy atom. The zero-order chi connectivity index (χ0) is 14.1. The van der Waals surface area contributed by atoms with Crippen LogP contribution in [0.25, 0.3) is 11.2 Å². The Bertz CT molecular complexity index is 599. The molecule has 0 spiro atoms. The van der Waals surface area contributed by atoms with E-state index in [4.69, 9.17) is 15.2 Å². The van der Waals surface area contributed by atoms with Gasteiger partial charge in [-0.25, -0.2) is 15.0 Å². The topological polar surface area (TPSA) is 88.1 Å². The van der Waals surface area contributed by atoms with E-state index in [1.54, 1.807) is 13.4 Å². The number of fused-ring (bicyclic) bond motifs is 1. The van der Waals surface area contributed by atoms with Crippen LogP contribution in [0.3, 0.4) is 0 Å². The molecule has 1 fully saturated rings. The van der Waals surface area contributed by atoms with E-state index < -0.39 is 0 Å². The second-order valence-corrected chi connectivity index (χ2v) is 5.20. The van der Waals surface area contributed by atoms with Crippen molar-refractivity contribution in [1.82, 2.24) is 19.5 Å². The van der Waals surface area contributed by atoms with Crippen molar-refractivity contribution < 1.29 is 9.47 Å². The third-order valence-corrected chi connectivity index (χ3v) is 3.76. The third kappa shape index (κ3) is 2.23. The average molecular weight is 277 g/mol. The fraction of sp³-hybridized carbons (Fsp3) is 0.615. The van der Waals surface area contributed by atoms with Crippen LogP contribution in [0.15, 0.2) is 12.7 Å². The first kappa shape index (κ1) is 13.3. The van der Waals surface area contributed by atoms with Crippen molar-refractivity contribution in [3.05, 3.63) is 12.7 Å². The SMILES string of the molecule is COCCC1CC(C)OC1n1cnc2c(N)ncnc21. The molecule has 0 radical (unpaired) electrons. The molecule has 2 aromatic rings.